The van der Waals surface area contributed by atoms with Crippen molar-refractivity contribution in [1.82, 2.24) is 9.55 Å². The molecule has 0 bridgehead atoms. The van der Waals surface area contributed by atoms with Crippen molar-refractivity contribution >= 4 is 11.0 Å². The molecule has 0 aliphatic carbocycles. The highest BCUT2D eigenvalue weighted by molar-refractivity contribution is 5.76. The second-order valence-electron chi connectivity index (χ2n) is 5.02. The molecule has 0 amide bonds. The van der Waals surface area contributed by atoms with E-state index in [1.807, 2.05) is 0 Å². The van der Waals surface area contributed by atoms with Crippen LogP contribution >= 0.6 is 0 Å². The Morgan fingerprint density at radius 3 is 2.72 bits per heavy atom. The highest BCUT2D eigenvalue weighted by atomic mass is 19.1. The standard InChI is InChI=1S/C14H20FN3/c1-4-18-13-6-5-10(15)7-12(13)17-14(18)8-11(16)9(2)3/h5-7,9,11H,4,8,16H2,1-3H3. The summed E-state index contributed by atoms with van der Waals surface area (Å²) < 4.78 is 15.3. The maximum absolute atomic E-state index is 13.2. The molecular formula is C14H20FN3. The SMILES string of the molecule is CCn1c(CC(N)C(C)C)nc2cc(F)ccc21. The molecule has 1 aromatic heterocycles. The lowest BCUT2D eigenvalue weighted by molar-refractivity contribution is 0.474. The minimum Gasteiger partial charge on any atom is -0.328 e. The van der Waals surface area contributed by atoms with Crippen molar-refractivity contribution in [3.05, 3.63) is 29.8 Å². The first-order valence-electron chi connectivity index (χ1n) is 6.43. The van der Waals surface area contributed by atoms with Crippen molar-refractivity contribution in [1.29, 1.82) is 0 Å². The van der Waals surface area contributed by atoms with E-state index in [0.29, 0.717) is 11.4 Å². The molecule has 0 saturated carbocycles. The van der Waals surface area contributed by atoms with Gasteiger partial charge in [-0.25, -0.2) is 9.37 Å². The van der Waals surface area contributed by atoms with E-state index in [1.54, 1.807) is 6.07 Å². The number of halogens is 1. The van der Waals surface area contributed by atoms with E-state index in [-0.39, 0.29) is 11.9 Å². The summed E-state index contributed by atoms with van der Waals surface area (Å²) in [5.41, 5.74) is 7.78. The maximum Gasteiger partial charge on any atom is 0.125 e. The number of hydrogen-bond acceptors (Lipinski definition) is 2. The third-order valence-corrected chi connectivity index (χ3v) is 3.38. The minimum absolute atomic E-state index is 0.0805. The molecule has 18 heavy (non-hydrogen) atoms. The van der Waals surface area contributed by atoms with E-state index < -0.39 is 0 Å². The van der Waals surface area contributed by atoms with Crippen LogP contribution < -0.4 is 5.73 Å². The molecule has 2 rings (SSSR count). The topological polar surface area (TPSA) is 43.8 Å². The first-order chi connectivity index (χ1) is 8.52. The maximum atomic E-state index is 13.2. The van der Waals surface area contributed by atoms with Crippen LogP contribution in [0.1, 0.15) is 26.6 Å². The fourth-order valence-corrected chi connectivity index (χ4v) is 2.11. The summed E-state index contributed by atoms with van der Waals surface area (Å²) in [5, 5.41) is 0. The lowest BCUT2D eigenvalue weighted by atomic mass is 10.0. The molecule has 2 aromatic rings. The van der Waals surface area contributed by atoms with Crippen molar-refractivity contribution in [3.8, 4) is 0 Å². The number of aryl methyl sites for hydroxylation is 1. The predicted octanol–water partition coefficient (Wildman–Crippen LogP) is 2.72. The van der Waals surface area contributed by atoms with Crippen LogP contribution in [-0.2, 0) is 13.0 Å². The molecule has 2 N–H and O–H groups in total. The molecule has 4 heteroatoms. The third-order valence-electron chi connectivity index (χ3n) is 3.38. The second-order valence-corrected chi connectivity index (χ2v) is 5.02. The Hall–Kier alpha value is -1.42. The summed E-state index contributed by atoms with van der Waals surface area (Å²) >= 11 is 0. The number of nitrogens with two attached hydrogens (primary N) is 1. The summed E-state index contributed by atoms with van der Waals surface area (Å²) in [5.74, 6) is 1.11. The first kappa shape index (κ1) is 13.0. The van der Waals surface area contributed by atoms with E-state index in [4.69, 9.17) is 5.73 Å². The number of benzene rings is 1. The van der Waals surface area contributed by atoms with Gasteiger partial charge in [0.25, 0.3) is 0 Å². The van der Waals surface area contributed by atoms with Gasteiger partial charge in [0.2, 0.25) is 0 Å². The van der Waals surface area contributed by atoms with E-state index in [9.17, 15) is 4.39 Å². The Morgan fingerprint density at radius 1 is 1.39 bits per heavy atom. The summed E-state index contributed by atoms with van der Waals surface area (Å²) in [6.45, 7) is 7.09. The van der Waals surface area contributed by atoms with E-state index in [1.165, 1.54) is 12.1 Å². The quantitative estimate of drug-likeness (QED) is 0.905. The van der Waals surface area contributed by atoms with Gasteiger partial charge in [-0.15, -0.1) is 0 Å². The number of aromatic nitrogens is 2. The number of hydrogen-bond donors (Lipinski definition) is 1. The Morgan fingerprint density at radius 2 is 2.11 bits per heavy atom. The average molecular weight is 249 g/mol. The van der Waals surface area contributed by atoms with Gasteiger partial charge in [-0.1, -0.05) is 13.8 Å². The van der Waals surface area contributed by atoms with E-state index in [0.717, 1.165) is 24.3 Å². The van der Waals surface area contributed by atoms with Gasteiger partial charge in [0.15, 0.2) is 0 Å². The van der Waals surface area contributed by atoms with Gasteiger partial charge in [-0.2, -0.15) is 0 Å². The van der Waals surface area contributed by atoms with Crippen molar-refractivity contribution < 1.29 is 4.39 Å². The molecule has 98 valence electrons. The van der Waals surface area contributed by atoms with Crippen molar-refractivity contribution in [2.24, 2.45) is 11.7 Å². The molecule has 3 nitrogen and oxygen atoms in total. The lowest BCUT2D eigenvalue weighted by Crippen LogP contribution is -2.30. The Labute approximate surface area is 107 Å². The number of rotatable bonds is 4. The molecule has 0 saturated heterocycles. The number of imidazole rings is 1. The monoisotopic (exact) mass is 249 g/mol. The van der Waals surface area contributed by atoms with Gasteiger partial charge in [0, 0.05) is 25.1 Å². The van der Waals surface area contributed by atoms with Crippen molar-refractivity contribution in [2.75, 3.05) is 0 Å². The second kappa shape index (κ2) is 5.06. The van der Waals surface area contributed by atoms with Crippen LogP contribution in [0.25, 0.3) is 11.0 Å². The Kier molecular flexibility index (Phi) is 3.66. The molecule has 0 fully saturated rings. The summed E-state index contributed by atoms with van der Waals surface area (Å²) in [6.07, 6.45) is 0.724. The van der Waals surface area contributed by atoms with E-state index in [2.05, 4.69) is 30.3 Å². The highest BCUT2D eigenvalue weighted by Crippen LogP contribution is 2.19. The summed E-state index contributed by atoms with van der Waals surface area (Å²) in [7, 11) is 0. The molecule has 0 aliphatic heterocycles. The molecule has 0 aliphatic rings. The van der Waals surface area contributed by atoms with Gasteiger partial charge in [-0.05, 0) is 25.0 Å². The van der Waals surface area contributed by atoms with Crippen LogP contribution in [-0.4, -0.2) is 15.6 Å². The zero-order chi connectivity index (χ0) is 13.3. The average Bonchev–Trinajstić information content (AvgIpc) is 2.64. The van der Waals surface area contributed by atoms with Crippen molar-refractivity contribution in [2.45, 2.75) is 39.8 Å². The Bertz CT molecular complexity index is 545. The minimum atomic E-state index is -0.247. The molecule has 0 spiro atoms. The van der Waals surface area contributed by atoms with E-state index >= 15 is 0 Å². The van der Waals surface area contributed by atoms with Crippen LogP contribution in [0, 0.1) is 11.7 Å². The van der Waals surface area contributed by atoms with Crippen LogP contribution in [0.5, 0.6) is 0 Å². The zero-order valence-corrected chi connectivity index (χ0v) is 11.2. The van der Waals surface area contributed by atoms with Gasteiger partial charge in [-0.3, -0.25) is 0 Å². The van der Waals surface area contributed by atoms with Crippen LogP contribution in [0.2, 0.25) is 0 Å². The van der Waals surface area contributed by atoms with Gasteiger partial charge in [0.1, 0.15) is 11.6 Å². The summed E-state index contributed by atoms with van der Waals surface area (Å²) in [6, 6.07) is 4.82. The number of fused-ring (bicyclic) bond motifs is 1. The summed E-state index contributed by atoms with van der Waals surface area (Å²) in [4.78, 5) is 4.51. The molecule has 0 radical (unpaired) electrons. The molecular weight excluding hydrogens is 229 g/mol. The van der Waals surface area contributed by atoms with Gasteiger partial charge < -0.3 is 10.3 Å². The molecule has 1 unspecified atom stereocenters. The van der Waals surface area contributed by atoms with Crippen LogP contribution in [0.4, 0.5) is 4.39 Å². The zero-order valence-electron chi connectivity index (χ0n) is 11.2. The first-order valence-corrected chi connectivity index (χ1v) is 6.43. The smallest absolute Gasteiger partial charge is 0.125 e. The van der Waals surface area contributed by atoms with Crippen molar-refractivity contribution in [3.63, 3.8) is 0 Å². The van der Waals surface area contributed by atoms with Crippen LogP contribution in [0.3, 0.4) is 0 Å². The van der Waals surface area contributed by atoms with Crippen LogP contribution in [0.15, 0.2) is 18.2 Å². The molecule has 1 aromatic carbocycles. The Balaban J connectivity index is 2.43. The fraction of sp³-hybridized carbons (Fsp3) is 0.500. The fourth-order valence-electron chi connectivity index (χ4n) is 2.11. The predicted molar refractivity (Wildman–Crippen MR) is 71.9 cm³/mol. The largest absolute Gasteiger partial charge is 0.328 e. The number of nitrogens with zero attached hydrogens (tertiary/aromatic N) is 2. The third kappa shape index (κ3) is 2.38. The molecule has 1 atom stereocenters. The van der Waals surface area contributed by atoms with Gasteiger partial charge in [0.05, 0.1) is 11.0 Å². The normalized spacial score (nSPS) is 13.4. The molecule has 1 heterocycles. The van der Waals surface area contributed by atoms with Gasteiger partial charge >= 0.3 is 0 Å². The highest BCUT2D eigenvalue weighted by Gasteiger charge is 2.15. The lowest BCUT2D eigenvalue weighted by Gasteiger charge is -2.15.